The first-order chi connectivity index (χ1) is 15.7. The van der Waals surface area contributed by atoms with E-state index >= 15 is 0 Å². The average molecular weight is 446 g/mol. The highest BCUT2D eigenvalue weighted by Crippen LogP contribution is 2.31. The Morgan fingerprint density at radius 3 is 2.88 bits per heavy atom. The number of aliphatic imine (C=N–C) groups is 1. The number of nitrogens with two attached hydrogens (primary N) is 1. The summed E-state index contributed by atoms with van der Waals surface area (Å²) in [7, 11) is 1.49. The van der Waals surface area contributed by atoms with E-state index in [-0.39, 0.29) is 0 Å². The first-order valence-corrected chi connectivity index (χ1v) is 10.6. The molecule has 0 saturated carbocycles. The molecule has 9 heteroatoms. The summed E-state index contributed by atoms with van der Waals surface area (Å²) in [6.07, 6.45) is 12.8. The smallest absolute Gasteiger partial charge is 0.155 e. The topological polar surface area (TPSA) is 126 Å². The minimum Gasteiger partial charge on any atom is -0.384 e. The van der Waals surface area contributed by atoms with Crippen molar-refractivity contribution < 1.29 is 9.84 Å². The van der Waals surface area contributed by atoms with Gasteiger partial charge in [-0.2, -0.15) is 10.4 Å². The van der Waals surface area contributed by atoms with Crippen LogP contribution in [0.3, 0.4) is 0 Å². The molecular formula is C24H27N7O2. The zero-order valence-electron chi connectivity index (χ0n) is 18.9. The van der Waals surface area contributed by atoms with E-state index in [1.165, 1.54) is 7.11 Å². The Bertz CT molecular complexity index is 1200. The number of aliphatic hydroxyl groups is 1. The van der Waals surface area contributed by atoms with Gasteiger partial charge in [-0.1, -0.05) is 18.2 Å². The molecule has 3 N–H and O–H groups in total. The van der Waals surface area contributed by atoms with Crippen LogP contribution in [-0.2, 0) is 16.9 Å². The summed E-state index contributed by atoms with van der Waals surface area (Å²) in [6.45, 7) is 4.29. The number of anilines is 1. The molecule has 2 unspecified atom stereocenters. The molecule has 4 rings (SSSR count). The molecule has 0 saturated heterocycles. The van der Waals surface area contributed by atoms with E-state index in [9.17, 15) is 10.4 Å². The third-order valence-corrected chi connectivity index (χ3v) is 5.69. The number of methoxy groups -OCH3 is 1. The Morgan fingerprint density at radius 1 is 1.39 bits per heavy atom. The van der Waals surface area contributed by atoms with Gasteiger partial charge in [-0.15, -0.1) is 0 Å². The Labute approximate surface area is 192 Å². The Kier molecular flexibility index (Phi) is 5.99. The molecule has 0 aromatic carbocycles. The van der Waals surface area contributed by atoms with Crippen LogP contribution in [0.4, 0.5) is 5.69 Å². The van der Waals surface area contributed by atoms with Crippen molar-refractivity contribution in [2.75, 3.05) is 18.7 Å². The van der Waals surface area contributed by atoms with Gasteiger partial charge in [0.2, 0.25) is 0 Å². The minimum absolute atomic E-state index is 0.383. The number of nitriles is 1. The molecule has 0 fully saturated rings. The van der Waals surface area contributed by atoms with Crippen molar-refractivity contribution in [3.63, 3.8) is 0 Å². The molecule has 1 aliphatic heterocycles. The van der Waals surface area contributed by atoms with Crippen molar-refractivity contribution in [1.29, 1.82) is 5.26 Å². The van der Waals surface area contributed by atoms with E-state index in [1.54, 1.807) is 36.9 Å². The number of nitrogens with zero attached hydrogens (tertiary/aromatic N) is 6. The fourth-order valence-electron chi connectivity index (χ4n) is 3.76. The summed E-state index contributed by atoms with van der Waals surface area (Å²) in [5.41, 5.74) is 7.80. The SMILES string of the molecule is COC1(N)C=CC=C(C2=NCN(c3cnn(Cc4cccc(C(C)(C)O)n4)c3)C=C2)C1C#N. The number of hydrogen-bond donors (Lipinski definition) is 2. The van der Waals surface area contributed by atoms with Gasteiger partial charge >= 0.3 is 0 Å². The van der Waals surface area contributed by atoms with E-state index < -0.39 is 17.2 Å². The van der Waals surface area contributed by atoms with Gasteiger partial charge in [0.1, 0.15) is 18.2 Å². The predicted octanol–water partition coefficient (Wildman–Crippen LogP) is 2.22. The van der Waals surface area contributed by atoms with Crippen LogP contribution in [0.2, 0.25) is 0 Å². The second-order valence-electron chi connectivity index (χ2n) is 8.54. The van der Waals surface area contributed by atoms with Crippen LogP contribution < -0.4 is 10.6 Å². The van der Waals surface area contributed by atoms with Crippen molar-refractivity contribution in [1.82, 2.24) is 14.8 Å². The zero-order valence-corrected chi connectivity index (χ0v) is 18.9. The summed E-state index contributed by atoms with van der Waals surface area (Å²) in [5, 5.41) is 24.3. The van der Waals surface area contributed by atoms with Crippen LogP contribution in [-0.4, -0.2) is 45.1 Å². The summed E-state index contributed by atoms with van der Waals surface area (Å²) in [5.74, 6) is -0.655. The van der Waals surface area contributed by atoms with E-state index in [2.05, 4.69) is 21.1 Å². The molecule has 33 heavy (non-hydrogen) atoms. The molecule has 2 aliphatic rings. The molecule has 0 radical (unpaired) electrons. The lowest BCUT2D eigenvalue weighted by Gasteiger charge is -2.33. The maximum atomic E-state index is 10.2. The normalized spacial score (nSPS) is 22.7. The summed E-state index contributed by atoms with van der Waals surface area (Å²) in [6, 6.07) is 7.84. The Hall–Kier alpha value is -3.58. The van der Waals surface area contributed by atoms with Crippen LogP contribution >= 0.6 is 0 Å². The van der Waals surface area contributed by atoms with Gasteiger partial charge in [-0.3, -0.25) is 20.4 Å². The van der Waals surface area contributed by atoms with E-state index in [1.807, 2.05) is 47.6 Å². The Balaban J connectivity index is 1.46. The van der Waals surface area contributed by atoms with Crippen molar-refractivity contribution in [3.8, 4) is 6.07 Å². The van der Waals surface area contributed by atoms with Gasteiger partial charge in [-0.25, -0.2) is 0 Å². The molecule has 3 heterocycles. The van der Waals surface area contributed by atoms with Crippen LogP contribution in [0.15, 0.2) is 71.7 Å². The molecule has 0 bridgehead atoms. The van der Waals surface area contributed by atoms with Gasteiger partial charge in [-0.05, 0) is 43.7 Å². The van der Waals surface area contributed by atoms with Crippen LogP contribution in [0.5, 0.6) is 0 Å². The van der Waals surface area contributed by atoms with E-state index in [0.29, 0.717) is 24.6 Å². The first kappa shape index (κ1) is 22.6. The molecule has 9 nitrogen and oxygen atoms in total. The summed E-state index contributed by atoms with van der Waals surface area (Å²) < 4.78 is 7.17. The van der Waals surface area contributed by atoms with Crippen LogP contribution in [0.25, 0.3) is 0 Å². The number of ether oxygens (including phenoxy) is 1. The number of rotatable bonds is 6. The van der Waals surface area contributed by atoms with Crippen molar-refractivity contribution in [2.45, 2.75) is 31.7 Å². The van der Waals surface area contributed by atoms with Gasteiger partial charge in [0.25, 0.3) is 0 Å². The lowest BCUT2D eigenvalue weighted by atomic mass is 9.83. The lowest BCUT2D eigenvalue weighted by Crippen LogP contribution is -2.49. The van der Waals surface area contributed by atoms with Crippen molar-refractivity contribution >= 4 is 11.4 Å². The highest BCUT2D eigenvalue weighted by molar-refractivity contribution is 6.10. The van der Waals surface area contributed by atoms with Crippen molar-refractivity contribution in [2.24, 2.45) is 16.6 Å². The number of hydrogen-bond acceptors (Lipinski definition) is 8. The van der Waals surface area contributed by atoms with Crippen molar-refractivity contribution in [3.05, 3.63) is 78.1 Å². The largest absolute Gasteiger partial charge is 0.384 e. The molecule has 2 aromatic heterocycles. The Morgan fingerprint density at radius 2 is 2.21 bits per heavy atom. The van der Waals surface area contributed by atoms with Gasteiger partial charge in [0, 0.05) is 19.5 Å². The zero-order chi connectivity index (χ0) is 23.6. The third kappa shape index (κ3) is 4.64. The molecule has 1 aliphatic carbocycles. The number of allylic oxidation sites excluding steroid dienone is 3. The quantitative estimate of drug-likeness (QED) is 0.653. The third-order valence-electron chi connectivity index (χ3n) is 5.69. The molecular weight excluding hydrogens is 418 g/mol. The fraction of sp³-hybridized carbons (Fsp3) is 0.333. The predicted molar refractivity (Wildman–Crippen MR) is 125 cm³/mol. The highest BCUT2D eigenvalue weighted by atomic mass is 16.5. The highest BCUT2D eigenvalue weighted by Gasteiger charge is 2.39. The maximum absolute atomic E-state index is 10.2. The number of aromatic nitrogens is 3. The summed E-state index contributed by atoms with van der Waals surface area (Å²) >= 11 is 0. The first-order valence-electron chi connectivity index (χ1n) is 10.6. The molecule has 0 spiro atoms. The minimum atomic E-state index is -1.18. The van der Waals surface area contributed by atoms with Crippen LogP contribution in [0, 0.1) is 17.2 Å². The number of pyridine rings is 1. The van der Waals surface area contributed by atoms with Gasteiger partial charge < -0.3 is 14.7 Å². The van der Waals surface area contributed by atoms with Crippen LogP contribution in [0.1, 0.15) is 25.2 Å². The second kappa shape index (κ2) is 8.75. The molecule has 170 valence electrons. The molecule has 2 aromatic rings. The molecule has 0 amide bonds. The monoisotopic (exact) mass is 445 g/mol. The van der Waals surface area contributed by atoms with E-state index in [0.717, 1.165) is 17.0 Å². The van der Waals surface area contributed by atoms with Gasteiger partial charge in [0.15, 0.2) is 5.72 Å². The lowest BCUT2D eigenvalue weighted by molar-refractivity contribution is 0.0161. The standard InChI is InChI=1S/C24H27N7O2/c1-23(2,32)22-8-4-6-17(29-22)14-31-15-18(13-28-31)30-11-9-21(27-16-30)19-7-5-10-24(26,33-3)20(19)12-25/h4-11,13,15,20,32H,14,16,26H2,1-3H3. The van der Waals surface area contributed by atoms with Gasteiger partial charge in [0.05, 0.1) is 41.6 Å². The fourth-order valence-corrected chi connectivity index (χ4v) is 3.76. The molecule has 2 atom stereocenters. The maximum Gasteiger partial charge on any atom is 0.155 e. The average Bonchev–Trinajstić information content (AvgIpc) is 3.27. The second-order valence-corrected chi connectivity index (χ2v) is 8.54. The summed E-state index contributed by atoms with van der Waals surface area (Å²) in [4.78, 5) is 11.2. The van der Waals surface area contributed by atoms with E-state index in [4.69, 9.17) is 10.5 Å².